The Balaban J connectivity index is 1.55. The summed E-state index contributed by atoms with van der Waals surface area (Å²) in [5.41, 5.74) is 3.37. The summed E-state index contributed by atoms with van der Waals surface area (Å²) in [4.78, 5) is 30.5. The molecule has 0 saturated carbocycles. The highest BCUT2D eigenvalue weighted by atomic mass is 19.1. The quantitative estimate of drug-likeness (QED) is 0.666. The molecule has 4 rings (SSSR count). The molecule has 0 bridgehead atoms. The Labute approximate surface area is 175 Å². The molecule has 0 radical (unpaired) electrons. The van der Waals surface area contributed by atoms with E-state index in [0.29, 0.717) is 31.0 Å². The second kappa shape index (κ2) is 8.57. The van der Waals surface area contributed by atoms with Gasteiger partial charge in [-0.2, -0.15) is 0 Å². The van der Waals surface area contributed by atoms with Crippen molar-refractivity contribution in [2.45, 2.75) is 20.3 Å². The van der Waals surface area contributed by atoms with E-state index in [1.165, 1.54) is 12.1 Å². The second-order valence-electron chi connectivity index (χ2n) is 7.46. The molecule has 3 heterocycles. The third-order valence-corrected chi connectivity index (χ3v) is 5.46. The van der Waals surface area contributed by atoms with Gasteiger partial charge in [-0.3, -0.25) is 9.78 Å². The zero-order chi connectivity index (χ0) is 21.1. The topological polar surface area (TPSA) is 62.2 Å². The molecule has 0 spiro atoms. The molecular formula is C23H24FN5O. The fourth-order valence-electron chi connectivity index (χ4n) is 3.65. The van der Waals surface area contributed by atoms with Crippen LogP contribution >= 0.6 is 0 Å². The van der Waals surface area contributed by atoms with Gasteiger partial charge in [-0.1, -0.05) is 0 Å². The fourth-order valence-corrected chi connectivity index (χ4v) is 3.65. The zero-order valence-corrected chi connectivity index (χ0v) is 17.2. The summed E-state index contributed by atoms with van der Waals surface area (Å²) >= 11 is 0. The zero-order valence-electron chi connectivity index (χ0n) is 17.2. The van der Waals surface area contributed by atoms with Crippen LogP contribution in [-0.4, -0.2) is 51.9 Å². The third kappa shape index (κ3) is 4.15. The Morgan fingerprint density at radius 1 is 1.00 bits per heavy atom. The maximum absolute atomic E-state index is 13.2. The lowest BCUT2D eigenvalue weighted by Crippen LogP contribution is -2.35. The Morgan fingerprint density at radius 3 is 2.53 bits per heavy atom. The molecule has 1 aliphatic heterocycles. The average Bonchev–Trinajstić information content (AvgIpc) is 3.02. The fraction of sp³-hybridized carbons (Fsp3) is 0.304. The molecule has 0 atom stereocenters. The molecule has 1 aliphatic rings. The Morgan fingerprint density at radius 2 is 1.80 bits per heavy atom. The van der Waals surface area contributed by atoms with Crippen molar-refractivity contribution in [3.63, 3.8) is 0 Å². The van der Waals surface area contributed by atoms with Gasteiger partial charge in [0.2, 0.25) is 0 Å². The first-order valence-electron chi connectivity index (χ1n) is 10.1. The van der Waals surface area contributed by atoms with E-state index >= 15 is 0 Å². The van der Waals surface area contributed by atoms with Gasteiger partial charge in [-0.15, -0.1) is 0 Å². The van der Waals surface area contributed by atoms with Gasteiger partial charge in [0, 0.05) is 61.0 Å². The summed E-state index contributed by atoms with van der Waals surface area (Å²) in [5, 5.41) is 0. The van der Waals surface area contributed by atoms with E-state index < -0.39 is 0 Å². The molecular weight excluding hydrogens is 381 g/mol. The molecule has 0 unspecified atom stereocenters. The number of hydrogen-bond acceptors (Lipinski definition) is 5. The van der Waals surface area contributed by atoms with Crippen LogP contribution in [0.15, 0.2) is 48.8 Å². The number of carbonyl (C=O) groups is 1. The minimum Gasteiger partial charge on any atom is -0.354 e. The molecule has 0 aliphatic carbocycles. The summed E-state index contributed by atoms with van der Waals surface area (Å²) in [6.07, 6.45) is 4.32. The van der Waals surface area contributed by atoms with E-state index in [1.807, 2.05) is 30.9 Å². The largest absolute Gasteiger partial charge is 0.354 e. The molecule has 3 aromatic rings. The number of halogens is 1. The Kier molecular flexibility index (Phi) is 5.70. The normalized spacial score (nSPS) is 14.5. The van der Waals surface area contributed by atoms with Crippen LogP contribution in [0.5, 0.6) is 0 Å². The van der Waals surface area contributed by atoms with E-state index in [-0.39, 0.29) is 11.7 Å². The first-order valence-corrected chi connectivity index (χ1v) is 10.1. The van der Waals surface area contributed by atoms with Crippen molar-refractivity contribution in [1.29, 1.82) is 0 Å². The van der Waals surface area contributed by atoms with E-state index in [9.17, 15) is 9.18 Å². The number of hydrogen-bond donors (Lipinski definition) is 0. The standard InChI is InChI=1S/C23H24FN5O/c1-16-17(2)26-21(19-5-3-10-25-15-19)27-22(16)28-11-4-12-29(14-13-28)23(30)18-6-8-20(24)9-7-18/h3,5-10,15H,4,11-14H2,1-2H3. The van der Waals surface area contributed by atoms with Gasteiger partial charge in [-0.25, -0.2) is 14.4 Å². The molecule has 6 nitrogen and oxygen atoms in total. The van der Waals surface area contributed by atoms with Gasteiger partial charge in [-0.05, 0) is 56.7 Å². The molecule has 154 valence electrons. The van der Waals surface area contributed by atoms with E-state index in [2.05, 4.69) is 14.9 Å². The molecule has 1 aromatic carbocycles. The number of anilines is 1. The molecule has 1 fully saturated rings. The van der Waals surface area contributed by atoms with Crippen molar-refractivity contribution in [2.24, 2.45) is 0 Å². The number of rotatable bonds is 3. The Hall–Kier alpha value is -3.35. The van der Waals surface area contributed by atoms with Crippen LogP contribution in [0.25, 0.3) is 11.4 Å². The molecule has 0 N–H and O–H groups in total. The minimum absolute atomic E-state index is 0.0662. The molecule has 1 saturated heterocycles. The second-order valence-corrected chi connectivity index (χ2v) is 7.46. The van der Waals surface area contributed by atoms with Crippen LogP contribution in [-0.2, 0) is 0 Å². The van der Waals surface area contributed by atoms with Gasteiger partial charge in [0.1, 0.15) is 11.6 Å². The number of pyridine rings is 1. The molecule has 2 aromatic heterocycles. The van der Waals surface area contributed by atoms with Crippen molar-refractivity contribution in [1.82, 2.24) is 19.9 Å². The van der Waals surface area contributed by atoms with E-state index in [0.717, 1.165) is 35.6 Å². The lowest BCUT2D eigenvalue weighted by molar-refractivity contribution is 0.0767. The summed E-state index contributed by atoms with van der Waals surface area (Å²) in [6, 6.07) is 9.55. The number of aryl methyl sites for hydroxylation is 1. The Bertz CT molecular complexity index is 1040. The predicted octanol–water partition coefficient (Wildman–Crippen LogP) is 3.65. The van der Waals surface area contributed by atoms with Gasteiger partial charge < -0.3 is 9.80 Å². The van der Waals surface area contributed by atoms with Crippen LogP contribution < -0.4 is 4.90 Å². The number of amides is 1. The maximum atomic E-state index is 13.2. The van der Waals surface area contributed by atoms with E-state index in [4.69, 9.17) is 4.98 Å². The minimum atomic E-state index is -0.340. The molecule has 30 heavy (non-hydrogen) atoms. The van der Waals surface area contributed by atoms with E-state index in [1.54, 1.807) is 24.5 Å². The van der Waals surface area contributed by atoms with Crippen LogP contribution in [0.2, 0.25) is 0 Å². The number of aromatic nitrogens is 3. The van der Waals surface area contributed by atoms with Gasteiger partial charge in [0.05, 0.1) is 0 Å². The molecule has 7 heteroatoms. The summed E-state index contributed by atoms with van der Waals surface area (Å²) in [6.45, 7) is 6.74. The smallest absolute Gasteiger partial charge is 0.253 e. The average molecular weight is 405 g/mol. The van der Waals surface area contributed by atoms with Crippen molar-refractivity contribution in [3.05, 3.63) is 71.4 Å². The summed E-state index contributed by atoms with van der Waals surface area (Å²) in [7, 11) is 0. The lowest BCUT2D eigenvalue weighted by atomic mass is 10.2. The summed E-state index contributed by atoms with van der Waals surface area (Å²) in [5.74, 6) is 1.15. The van der Waals surface area contributed by atoms with Crippen LogP contribution in [0.3, 0.4) is 0 Å². The first-order chi connectivity index (χ1) is 14.5. The monoisotopic (exact) mass is 405 g/mol. The number of nitrogens with zero attached hydrogens (tertiary/aromatic N) is 5. The van der Waals surface area contributed by atoms with Crippen LogP contribution in [0, 0.1) is 19.7 Å². The highest BCUT2D eigenvalue weighted by Crippen LogP contribution is 2.25. The van der Waals surface area contributed by atoms with Crippen molar-refractivity contribution < 1.29 is 9.18 Å². The SMILES string of the molecule is Cc1nc(-c2cccnc2)nc(N2CCCN(C(=O)c3ccc(F)cc3)CC2)c1C. The number of benzene rings is 1. The van der Waals surface area contributed by atoms with Gasteiger partial charge >= 0.3 is 0 Å². The summed E-state index contributed by atoms with van der Waals surface area (Å²) < 4.78 is 13.2. The highest BCUT2D eigenvalue weighted by molar-refractivity contribution is 5.94. The van der Waals surface area contributed by atoms with Crippen molar-refractivity contribution >= 4 is 11.7 Å². The maximum Gasteiger partial charge on any atom is 0.253 e. The van der Waals surface area contributed by atoms with Crippen molar-refractivity contribution in [3.8, 4) is 11.4 Å². The first kappa shape index (κ1) is 19.9. The van der Waals surface area contributed by atoms with Gasteiger partial charge in [0.25, 0.3) is 5.91 Å². The van der Waals surface area contributed by atoms with Crippen LogP contribution in [0.4, 0.5) is 10.2 Å². The predicted molar refractivity (Wildman–Crippen MR) is 114 cm³/mol. The lowest BCUT2D eigenvalue weighted by Gasteiger charge is -2.25. The van der Waals surface area contributed by atoms with Gasteiger partial charge in [0.15, 0.2) is 5.82 Å². The van der Waals surface area contributed by atoms with Crippen molar-refractivity contribution in [2.75, 3.05) is 31.1 Å². The highest BCUT2D eigenvalue weighted by Gasteiger charge is 2.23. The number of carbonyl (C=O) groups excluding carboxylic acids is 1. The van der Waals surface area contributed by atoms with Crippen LogP contribution in [0.1, 0.15) is 28.0 Å². The third-order valence-electron chi connectivity index (χ3n) is 5.46. The molecule has 1 amide bonds.